The summed E-state index contributed by atoms with van der Waals surface area (Å²) in [5.74, 6) is 0.120. The highest BCUT2D eigenvalue weighted by Crippen LogP contribution is 2.17. The standard InChI is InChI=1S/C21H26N2O3/c1-5-15-8-6-7-9-18(15)22-21(25)19(14(2)3)23-20(24)16-10-12-17(26-4)13-11-16/h6-14,19H,5H2,1-4H3,(H,22,25)(H,23,24)/t19-/m0/s1. The fraction of sp³-hybridized carbons (Fsp3) is 0.333. The van der Waals surface area contributed by atoms with Crippen molar-refractivity contribution in [2.24, 2.45) is 5.92 Å². The first-order valence-corrected chi connectivity index (χ1v) is 8.80. The van der Waals surface area contributed by atoms with E-state index in [4.69, 9.17) is 4.74 Å². The molecule has 0 fully saturated rings. The first kappa shape index (κ1) is 19.5. The number of carbonyl (C=O) groups excluding carboxylic acids is 2. The van der Waals surface area contributed by atoms with Crippen LogP contribution in [0.25, 0.3) is 0 Å². The number of anilines is 1. The largest absolute Gasteiger partial charge is 0.497 e. The fourth-order valence-corrected chi connectivity index (χ4v) is 2.66. The molecule has 0 aliphatic rings. The number of nitrogens with one attached hydrogen (secondary N) is 2. The zero-order valence-electron chi connectivity index (χ0n) is 15.7. The van der Waals surface area contributed by atoms with E-state index >= 15 is 0 Å². The first-order valence-electron chi connectivity index (χ1n) is 8.80. The van der Waals surface area contributed by atoms with Gasteiger partial charge in [0.2, 0.25) is 5.91 Å². The predicted octanol–water partition coefficient (Wildman–Crippen LogP) is 3.65. The molecule has 1 atom stereocenters. The van der Waals surface area contributed by atoms with Gasteiger partial charge in [-0.1, -0.05) is 39.0 Å². The first-order chi connectivity index (χ1) is 12.5. The van der Waals surface area contributed by atoms with Gasteiger partial charge in [0.25, 0.3) is 5.91 Å². The maximum absolute atomic E-state index is 12.7. The van der Waals surface area contributed by atoms with E-state index in [0.29, 0.717) is 11.3 Å². The van der Waals surface area contributed by atoms with E-state index in [9.17, 15) is 9.59 Å². The van der Waals surface area contributed by atoms with Crippen molar-refractivity contribution in [3.8, 4) is 5.75 Å². The lowest BCUT2D eigenvalue weighted by Crippen LogP contribution is -2.47. The number of rotatable bonds is 7. The lowest BCUT2D eigenvalue weighted by Gasteiger charge is -2.22. The third kappa shape index (κ3) is 4.85. The quantitative estimate of drug-likeness (QED) is 0.797. The number of para-hydroxylation sites is 1. The van der Waals surface area contributed by atoms with Crippen molar-refractivity contribution in [2.75, 3.05) is 12.4 Å². The molecule has 0 aliphatic heterocycles. The van der Waals surface area contributed by atoms with Crippen LogP contribution in [0.5, 0.6) is 5.75 Å². The monoisotopic (exact) mass is 354 g/mol. The highest BCUT2D eigenvalue weighted by molar-refractivity contribution is 6.01. The minimum atomic E-state index is -0.630. The fourth-order valence-electron chi connectivity index (χ4n) is 2.66. The van der Waals surface area contributed by atoms with E-state index in [1.165, 1.54) is 0 Å². The van der Waals surface area contributed by atoms with Crippen molar-refractivity contribution in [1.29, 1.82) is 0 Å². The van der Waals surface area contributed by atoms with Crippen LogP contribution in [-0.4, -0.2) is 25.0 Å². The molecular weight excluding hydrogens is 328 g/mol. The Morgan fingerprint density at radius 2 is 1.69 bits per heavy atom. The van der Waals surface area contributed by atoms with Gasteiger partial charge < -0.3 is 15.4 Å². The summed E-state index contributed by atoms with van der Waals surface area (Å²) in [5.41, 5.74) is 2.33. The van der Waals surface area contributed by atoms with Gasteiger partial charge in [0, 0.05) is 11.3 Å². The molecule has 0 spiro atoms. The highest BCUT2D eigenvalue weighted by atomic mass is 16.5. The number of aryl methyl sites for hydroxylation is 1. The molecule has 0 heterocycles. The lowest BCUT2D eigenvalue weighted by molar-refractivity contribution is -0.118. The van der Waals surface area contributed by atoms with Crippen molar-refractivity contribution in [2.45, 2.75) is 33.2 Å². The normalized spacial score (nSPS) is 11.7. The summed E-state index contributed by atoms with van der Waals surface area (Å²) in [7, 11) is 1.57. The summed E-state index contributed by atoms with van der Waals surface area (Å²) < 4.78 is 5.10. The van der Waals surface area contributed by atoms with Gasteiger partial charge in [-0.15, -0.1) is 0 Å². The highest BCUT2D eigenvalue weighted by Gasteiger charge is 2.25. The Kier molecular flexibility index (Phi) is 6.78. The van der Waals surface area contributed by atoms with Crippen molar-refractivity contribution >= 4 is 17.5 Å². The SMILES string of the molecule is CCc1ccccc1NC(=O)[C@@H](NC(=O)c1ccc(OC)cc1)C(C)C. The second kappa shape index (κ2) is 9.04. The maximum atomic E-state index is 12.7. The van der Waals surface area contributed by atoms with Crippen LogP contribution in [0.2, 0.25) is 0 Å². The molecule has 2 rings (SSSR count). The van der Waals surface area contributed by atoms with Crippen molar-refractivity contribution in [3.63, 3.8) is 0 Å². The van der Waals surface area contributed by atoms with E-state index in [-0.39, 0.29) is 17.7 Å². The van der Waals surface area contributed by atoms with Crippen LogP contribution in [0.3, 0.4) is 0 Å². The molecule has 0 aliphatic carbocycles. The van der Waals surface area contributed by atoms with Gasteiger partial charge in [-0.2, -0.15) is 0 Å². The Hall–Kier alpha value is -2.82. The molecule has 0 unspecified atom stereocenters. The molecule has 0 radical (unpaired) electrons. The smallest absolute Gasteiger partial charge is 0.251 e. The minimum absolute atomic E-state index is 0.0500. The Labute approximate surface area is 154 Å². The summed E-state index contributed by atoms with van der Waals surface area (Å²) in [6.07, 6.45) is 0.820. The molecule has 0 saturated heterocycles. The third-order valence-electron chi connectivity index (χ3n) is 4.24. The van der Waals surface area contributed by atoms with E-state index in [2.05, 4.69) is 10.6 Å². The van der Waals surface area contributed by atoms with E-state index in [1.807, 2.05) is 45.0 Å². The average molecular weight is 354 g/mol. The molecule has 0 saturated carbocycles. The van der Waals surface area contributed by atoms with Gasteiger partial charge in [0.05, 0.1) is 7.11 Å². The van der Waals surface area contributed by atoms with Crippen LogP contribution in [0.1, 0.15) is 36.7 Å². The molecule has 5 heteroatoms. The molecule has 138 valence electrons. The van der Waals surface area contributed by atoms with Gasteiger partial charge in [-0.3, -0.25) is 9.59 Å². The molecule has 2 amide bonds. The number of hydrogen-bond acceptors (Lipinski definition) is 3. The summed E-state index contributed by atoms with van der Waals surface area (Å²) in [5, 5.41) is 5.78. The number of hydrogen-bond donors (Lipinski definition) is 2. The van der Waals surface area contributed by atoms with Crippen LogP contribution in [0, 0.1) is 5.92 Å². The van der Waals surface area contributed by atoms with E-state index < -0.39 is 6.04 Å². The van der Waals surface area contributed by atoms with Crippen molar-refractivity contribution in [3.05, 3.63) is 59.7 Å². The molecular formula is C21H26N2O3. The predicted molar refractivity (Wildman–Crippen MR) is 104 cm³/mol. The number of ether oxygens (including phenoxy) is 1. The maximum Gasteiger partial charge on any atom is 0.251 e. The zero-order valence-corrected chi connectivity index (χ0v) is 15.7. The summed E-state index contributed by atoms with van der Waals surface area (Å²) in [6, 6.07) is 13.8. The van der Waals surface area contributed by atoms with Gasteiger partial charge >= 0.3 is 0 Å². The molecule has 0 bridgehead atoms. The van der Waals surface area contributed by atoms with Crippen LogP contribution in [0.4, 0.5) is 5.69 Å². The number of amides is 2. The Morgan fingerprint density at radius 3 is 2.27 bits per heavy atom. The topological polar surface area (TPSA) is 67.4 Å². The third-order valence-corrected chi connectivity index (χ3v) is 4.24. The van der Waals surface area contributed by atoms with Crippen molar-refractivity contribution < 1.29 is 14.3 Å². The summed E-state index contributed by atoms with van der Waals surface area (Å²) in [4.78, 5) is 25.3. The van der Waals surface area contributed by atoms with Crippen LogP contribution in [-0.2, 0) is 11.2 Å². The molecule has 0 aromatic heterocycles. The van der Waals surface area contributed by atoms with E-state index in [1.54, 1.807) is 31.4 Å². The average Bonchev–Trinajstić information content (AvgIpc) is 2.66. The van der Waals surface area contributed by atoms with Gasteiger partial charge in [-0.05, 0) is 48.2 Å². The number of carbonyl (C=O) groups is 2. The summed E-state index contributed by atoms with van der Waals surface area (Å²) >= 11 is 0. The number of methoxy groups -OCH3 is 1. The minimum Gasteiger partial charge on any atom is -0.497 e. The second-order valence-electron chi connectivity index (χ2n) is 6.42. The Bertz CT molecular complexity index is 754. The van der Waals surface area contributed by atoms with Crippen LogP contribution < -0.4 is 15.4 Å². The Morgan fingerprint density at radius 1 is 1.04 bits per heavy atom. The molecule has 2 N–H and O–H groups in total. The second-order valence-corrected chi connectivity index (χ2v) is 6.42. The molecule has 5 nitrogen and oxygen atoms in total. The molecule has 2 aromatic rings. The van der Waals surface area contributed by atoms with Crippen molar-refractivity contribution in [1.82, 2.24) is 5.32 Å². The molecule has 2 aromatic carbocycles. The van der Waals surface area contributed by atoms with Gasteiger partial charge in [0.15, 0.2) is 0 Å². The van der Waals surface area contributed by atoms with Gasteiger partial charge in [-0.25, -0.2) is 0 Å². The van der Waals surface area contributed by atoms with Gasteiger partial charge in [0.1, 0.15) is 11.8 Å². The number of benzene rings is 2. The van der Waals surface area contributed by atoms with Crippen LogP contribution >= 0.6 is 0 Å². The molecule has 26 heavy (non-hydrogen) atoms. The Balaban J connectivity index is 2.11. The summed E-state index contributed by atoms with van der Waals surface area (Å²) in [6.45, 7) is 5.85. The lowest BCUT2D eigenvalue weighted by atomic mass is 10.0. The van der Waals surface area contributed by atoms with E-state index in [0.717, 1.165) is 17.7 Å². The van der Waals surface area contributed by atoms with Crippen LogP contribution in [0.15, 0.2) is 48.5 Å². The zero-order chi connectivity index (χ0) is 19.1.